The number of benzene rings is 1. The molecule has 0 radical (unpaired) electrons. The Morgan fingerprint density at radius 2 is 1.90 bits per heavy atom. The van der Waals surface area contributed by atoms with Crippen molar-refractivity contribution >= 4 is 11.6 Å². The fourth-order valence-corrected chi connectivity index (χ4v) is 1.82. The summed E-state index contributed by atoms with van der Waals surface area (Å²) in [4.78, 5) is 16.4. The van der Waals surface area contributed by atoms with Gasteiger partial charge in [0.1, 0.15) is 0 Å². The van der Waals surface area contributed by atoms with E-state index in [0.29, 0.717) is 0 Å². The number of carbonyl (C=O) groups excluding carboxylic acids is 1. The van der Waals surface area contributed by atoms with Crippen molar-refractivity contribution in [3.05, 3.63) is 48.2 Å². The summed E-state index contributed by atoms with van der Waals surface area (Å²) in [6.45, 7) is 7.74. The van der Waals surface area contributed by atoms with Crippen LogP contribution in [-0.4, -0.2) is 10.9 Å². The molecule has 0 saturated carbocycles. The summed E-state index contributed by atoms with van der Waals surface area (Å²) in [7, 11) is 0. The quantitative estimate of drug-likeness (QED) is 0.893. The molecule has 1 amide bonds. The van der Waals surface area contributed by atoms with E-state index in [1.54, 1.807) is 6.20 Å². The summed E-state index contributed by atoms with van der Waals surface area (Å²) in [5.41, 5.74) is 3.48. The molecule has 0 spiro atoms. The lowest BCUT2D eigenvalue weighted by Gasteiger charge is -2.18. The number of hydrogen-bond acceptors (Lipinski definition) is 2. The van der Waals surface area contributed by atoms with Gasteiger partial charge in [-0.15, -0.1) is 0 Å². The van der Waals surface area contributed by atoms with Crippen LogP contribution in [0.1, 0.15) is 26.3 Å². The summed E-state index contributed by atoms with van der Waals surface area (Å²) in [6.07, 6.45) is 1.77. The zero-order valence-corrected chi connectivity index (χ0v) is 12.4. The molecule has 1 aromatic heterocycles. The molecule has 20 heavy (non-hydrogen) atoms. The van der Waals surface area contributed by atoms with Gasteiger partial charge in [-0.3, -0.25) is 9.78 Å². The molecular formula is C17H20N2O. The Morgan fingerprint density at radius 1 is 1.15 bits per heavy atom. The molecule has 3 heteroatoms. The minimum atomic E-state index is -0.407. The Balaban J connectivity index is 2.33. The van der Waals surface area contributed by atoms with Crippen molar-refractivity contribution in [2.45, 2.75) is 27.7 Å². The van der Waals surface area contributed by atoms with Crippen LogP contribution in [0.4, 0.5) is 5.69 Å². The monoisotopic (exact) mass is 268 g/mol. The van der Waals surface area contributed by atoms with E-state index in [2.05, 4.69) is 10.3 Å². The average molecular weight is 268 g/mol. The smallest absolute Gasteiger partial charge is 0.229 e. The number of rotatable bonds is 2. The van der Waals surface area contributed by atoms with Gasteiger partial charge in [0.15, 0.2) is 0 Å². The number of anilines is 1. The molecule has 0 unspecified atom stereocenters. The number of carbonyl (C=O) groups is 1. The fourth-order valence-electron chi connectivity index (χ4n) is 1.82. The molecule has 3 nitrogen and oxygen atoms in total. The SMILES string of the molecule is Cc1ccc(NC(=O)C(C)(C)C)cc1-c1ccccn1. The molecule has 0 aliphatic heterocycles. The summed E-state index contributed by atoms with van der Waals surface area (Å²) in [5.74, 6) is 0.00771. The van der Waals surface area contributed by atoms with Crippen LogP contribution in [0.25, 0.3) is 11.3 Å². The Morgan fingerprint density at radius 3 is 2.50 bits per heavy atom. The van der Waals surface area contributed by atoms with Gasteiger partial charge in [0.2, 0.25) is 5.91 Å². The van der Waals surface area contributed by atoms with Crippen LogP contribution < -0.4 is 5.32 Å². The van der Waals surface area contributed by atoms with Crippen molar-refractivity contribution < 1.29 is 4.79 Å². The molecule has 0 fully saturated rings. The third-order valence-corrected chi connectivity index (χ3v) is 3.12. The van der Waals surface area contributed by atoms with Crippen LogP contribution in [0.15, 0.2) is 42.6 Å². The van der Waals surface area contributed by atoms with E-state index < -0.39 is 5.41 Å². The maximum Gasteiger partial charge on any atom is 0.229 e. The van der Waals surface area contributed by atoms with Crippen LogP contribution in [0.5, 0.6) is 0 Å². The molecular weight excluding hydrogens is 248 g/mol. The van der Waals surface area contributed by atoms with E-state index in [9.17, 15) is 4.79 Å². The van der Waals surface area contributed by atoms with Gasteiger partial charge in [0, 0.05) is 22.9 Å². The van der Waals surface area contributed by atoms with Gasteiger partial charge in [-0.2, -0.15) is 0 Å². The molecule has 2 rings (SSSR count). The molecule has 2 aromatic rings. The predicted molar refractivity (Wildman–Crippen MR) is 82.5 cm³/mol. The first kappa shape index (κ1) is 14.3. The highest BCUT2D eigenvalue weighted by atomic mass is 16.2. The highest BCUT2D eigenvalue weighted by molar-refractivity contribution is 5.95. The van der Waals surface area contributed by atoms with Crippen molar-refractivity contribution in [3.63, 3.8) is 0 Å². The lowest BCUT2D eigenvalue weighted by atomic mass is 9.95. The average Bonchev–Trinajstić information content (AvgIpc) is 2.41. The molecule has 1 heterocycles. The molecule has 0 aliphatic carbocycles. The third-order valence-electron chi connectivity index (χ3n) is 3.12. The molecule has 1 N–H and O–H groups in total. The van der Waals surface area contributed by atoms with Crippen molar-refractivity contribution in [1.82, 2.24) is 4.98 Å². The predicted octanol–water partition coefficient (Wildman–Crippen LogP) is 4.04. The van der Waals surface area contributed by atoms with E-state index in [-0.39, 0.29) is 5.91 Å². The van der Waals surface area contributed by atoms with Gasteiger partial charge in [-0.25, -0.2) is 0 Å². The number of hydrogen-bond donors (Lipinski definition) is 1. The van der Waals surface area contributed by atoms with Gasteiger partial charge in [0.05, 0.1) is 5.69 Å². The Labute approximate surface area is 120 Å². The van der Waals surface area contributed by atoms with E-state index in [1.807, 2.05) is 64.1 Å². The van der Waals surface area contributed by atoms with E-state index in [0.717, 1.165) is 22.5 Å². The zero-order valence-electron chi connectivity index (χ0n) is 12.4. The van der Waals surface area contributed by atoms with Gasteiger partial charge in [-0.05, 0) is 36.8 Å². The maximum atomic E-state index is 12.0. The van der Waals surface area contributed by atoms with Crippen molar-refractivity contribution in [1.29, 1.82) is 0 Å². The van der Waals surface area contributed by atoms with Crippen molar-refractivity contribution in [2.24, 2.45) is 5.41 Å². The van der Waals surface area contributed by atoms with Gasteiger partial charge < -0.3 is 5.32 Å². The lowest BCUT2D eigenvalue weighted by molar-refractivity contribution is -0.123. The molecule has 1 aromatic carbocycles. The van der Waals surface area contributed by atoms with E-state index in [1.165, 1.54) is 0 Å². The minimum absolute atomic E-state index is 0.00771. The number of aryl methyl sites for hydroxylation is 1. The fraction of sp³-hybridized carbons (Fsp3) is 0.294. The molecule has 0 aliphatic rings. The summed E-state index contributed by atoms with van der Waals surface area (Å²) in [5, 5.41) is 2.95. The standard InChI is InChI=1S/C17H20N2O/c1-12-8-9-13(19-16(20)17(2,3)4)11-14(12)15-7-5-6-10-18-15/h5-11H,1-4H3,(H,19,20). The minimum Gasteiger partial charge on any atom is -0.326 e. The summed E-state index contributed by atoms with van der Waals surface area (Å²) in [6, 6.07) is 11.7. The Bertz CT molecular complexity index is 613. The number of amides is 1. The van der Waals surface area contributed by atoms with Gasteiger partial charge in [0.25, 0.3) is 0 Å². The van der Waals surface area contributed by atoms with E-state index in [4.69, 9.17) is 0 Å². The Kier molecular flexibility index (Phi) is 3.89. The second kappa shape index (κ2) is 5.45. The number of aromatic nitrogens is 1. The molecule has 0 atom stereocenters. The van der Waals surface area contributed by atoms with Crippen LogP contribution in [0, 0.1) is 12.3 Å². The topological polar surface area (TPSA) is 42.0 Å². The first-order valence-corrected chi connectivity index (χ1v) is 6.71. The highest BCUT2D eigenvalue weighted by Gasteiger charge is 2.21. The first-order chi connectivity index (χ1) is 9.38. The summed E-state index contributed by atoms with van der Waals surface area (Å²) < 4.78 is 0. The number of pyridine rings is 1. The number of nitrogens with one attached hydrogen (secondary N) is 1. The zero-order chi connectivity index (χ0) is 14.8. The van der Waals surface area contributed by atoms with Crippen LogP contribution in [0.3, 0.4) is 0 Å². The van der Waals surface area contributed by atoms with Crippen molar-refractivity contribution in [3.8, 4) is 11.3 Å². The largest absolute Gasteiger partial charge is 0.326 e. The van der Waals surface area contributed by atoms with Crippen LogP contribution in [-0.2, 0) is 4.79 Å². The molecule has 0 bridgehead atoms. The normalized spacial score (nSPS) is 11.2. The van der Waals surface area contributed by atoms with Gasteiger partial charge in [-0.1, -0.05) is 32.9 Å². The second-order valence-corrected chi connectivity index (χ2v) is 5.95. The van der Waals surface area contributed by atoms with Crippen LogP contribution in [0.2, 0.25) is 0 Å². The van der Waals surface area contributed by atoms with Crippen molar-refractivity contribution in [2.75, 3.05) is 5.32 Å². The first-order valence-electron chi connectivity index (χ1n) is 6.71. The second-order valence-electron chi connectivity index (χ2n) is 5.95. The lowest BCUT2D eigenvalue weighted by Crippen LogP contribution is -2.27. The summed E-state index contributed by atoms with van der Waals surface area (Å²) >= 11 is 0. The van der Waals surface area contributed by atoms with Gasteiger partial charge >= 0.3 is 0 Å². The van der Waals surface area contributed by atoms with E-state index >= 15 is 0 Å². The maximum absolute atomic E-state index is 12.0. The number of nitrogens with zero attached hydrogens (tertiary/aromatic N) is 1. The van der Waals surface area contributed by atoms with Crippen LogP contribution >= 0.6 is 0 Å². The highest BCUT2D eigenvalue weighted by Crippen LogP contribution is 2.26. The third kappa shape index (κ3) is 3.23. The molecule has 104 valence electrons. The Hall–Kier alpha value is -2.16. The molecule has 0 saturated heterocycles.